The summed E-state index contributed by atoms with van der Waals surface area (Å²) >= 11 is 0. The molecule has 0 aromatic carbocycles. The molecule has 1 aliphatic heterocycles. The second kappa shape index (κ2) is 2.13. The van der Waals surface area contributed by atoms with Gasteiger partial charge in [0.25, 0.3) is 0 Å². The molecule has 60 valence electrons. The maximum Gasteiger partial charge on any atom is 0.247 e. The molecule has 0 saturated carbocycles. The van der Waals surface area contributed by atoms with Gasteiger partial charge in [0.2, 0.25) is 5.92 Å². The standard InChI is InChI=1S/C6H11F2NO/c1-5(7,8)2-6(9)3-10-4-6/h2-4,9H2,1H3. The Morgan fingerprint density at radius 3 is 2.20 bits per heavy atom. The molecule has 2 nitrogen and oxygen atoms in total. The van der Waals surface area contributed by atoms with Gasteiger partial charge in [-0.1, -0.05) is 0 Å². The Morgan fingerprint density at radius 1 is 1.60 bits per heavy atom. The number of rotatable bonds is 2. The third kappa shape index (κ3) is 1.88. The average molecular weight is 151 g/mol. The quantitative estimate of drug-likeness (QED) is 0.632. The van der Waals surface area contributed by atoms with Gasteiger partial charge in [0.05, 0.1) is 18.8 Å². The first kappa shape index (κ1) is 7.88. The van der Waals surface area contributed by atoms with Crippen molar-refractivity contribution in [3.05, 3.63) is 0 Å². The van der Waals surface area contributed by atoms with Gasteiger partial charge in [-0.15, -0.1) is 0 Å². The SMILES string of the molecule is CC(F)(F)CC1(N)COC1. The molecule has 1 saturated heterocycles. The summed E-state index contributed by atoms with van der Waals surface area (Å²) in [6.45, 7) is 1.40. The Balaban J connectivity index is 2.37. The molecular weight excluding hydrogens is 140 g/mol. The topological polar surface area (TPSA) is 35.2 Å². The van der Waals surface area contributed by atoms with Crippen LogP contribution in [0.2, 0.25) is 0 Å². The van der Waals surface area contributed by atoms with E-state index >= 15 is 0 Å². The van der Waals surface area contributed by atoms with E-state index in [1.54, 1.807) is 0 Å². The molecule has 0 bridgehead atoms. The van der Waals surface area contributed by atoms with Crippen LogP contribution in [0.3, 0.4) is 0 Å². The third-order valence-electron chi connectivity index (χ3n) is 1.44. The zero-order valence-corrected chi connectivity index (χ0v) is 5.86. The Kier molecular flexibility index (Phi) is 1.68. The van der Waals surface area contributed by atoms with E-state index in [9.17, 15) is 8.78 Å². The van der Waals surface area contributed by atoms with Crippen molar-refractivity contribution in [2.75, 3.05) is 13.2 Å². The molecule has 0 spiro atoms. The first-order valence-electron chi connectivity index (χ1n) is 3.16. The van der Waals surface area contributed by atoms with Crippen LogP contribution in [-0.4, -0.2) is 24.7 Å². The average Bonchev–Trinajstić information content (AvgIpc) is 1.57. The number of alkyl halides is 2. The fraction of sp³-hybridized carbons (Fsp3) is 1.00. The van der Waals surface area contributed by atoms with Gasteiger partial charge in [0.1, 0.15) is 0 Å². The molecule has 0 atom stereocenters. The monoisotopic (exact) mass is 151 g/mol. The highest BCUT2D eigenvalue weighted by Gasteiger charge is 2.41. The summed E-state index contributed by atoms with van der Waals surface area (Å²) < 4.78 is 29.3. The van der Waals surface area contributed by atoms with Crippen LogP contribution >= 0.6 is 0 Å². The van der Waals surface area contributed by atoms with Gasteiger partial charge in [-0.05, 0) is 6.92 Å². The number of hydrogen-bond acceptors (Lipinski definition) is 2. The van der Waals surface area contributed by atoms with E-state index in [4.69, 9.17) is 10.5 Å². The smallest absolute Gasteiger partial charge is 0.247 e. The van der Waals surface area contributed by atoms with E-state index in [1.807, 2.05) is 0 Å². The lowest BCUT2D eigenvalue weighted by Gasteiger charge is -2.39. The summed E-state index contributed by atoms with van der Waals surface area (Å²) in [7, 11) is 0. The second-order valence-electron chi connectivity index (χ2n) is 3.10. The van der Waals surface area contributed by atoms with Crippen LogP contribution in [0.4, 0.5) is 8.78 Å². The van der Waals surface area contributed by atoms with E-state index in [0.717, 1.165) is 6.92 Å². The lowest BCUT2D eigenvalue weighted by molar-refractivity contribution is -0.106. The summed E-state index contributed by atoms with van der Waals surface area (Å²) in [4.78, 5) is 0. The number of ether oxygens (including phenoxy) is 1. The zero-order valence-electron chi connectivity index (χ0n) is 5.86. The highest BCUT2D eigenvalue weighted by molar-refractivity contribution is 4.93. The first-order valence-corrected chi connectivity index (χ1v) is 3.16. The summed E-state index contributed by atoms with van der Waals surface area (Å²) in [6, 6.07) is 0. The fourth-order valence-electron chi connectivity index (χ4n) is 1.08. The predicted octanol–water partition coefficient (Wildman–Crippen LogP) is 0.759. The van der Waals surface area contributed by atoms with Crippen LogP contribution < -0.4 is 5.73 Å². The van der Waals surface area contributed by atoms with Gasteiger partial charge in [-0.25, -0.2) is 8.78 Å². The van der Waals surface area contributed by atoms with Gasteiger partial charge >= 0.3 is 0 Å². The molecule has 1 aliphatic rings. The molecule has 0 amide bonds. The molecule has 1 heterocycles. The molecule has 4 heteroatoms. The van der Waals surface area contributed by atoms with Crippen LogP contribution in [0, 0.1) is 0 Å². The lowest BCUT2D eigenvalue weighted by Crippen LogP contribution is -2.59. The molecular formula is C6H11F2NO. The zero-order chi connectivity index (χ0) is 7.83. The Hall–Kier alpha value is -0.220. The number of halogens is 2. The van der Waals surface area contributed by atoms with E-state index in [-0.39, 0.29) is 19.6 Å². The molecule has 0 unspecified atom stereocenters. The van der Waals surface area contributed by atoms with Crippen molar-refractivity contribution in [1.82, 2.24) is 0 Å². The third-order valence-corrected chi connectivity index (χ3v) is 1.44. The number of hydrogen-bond donors (Lipinski definition) is 1. The van der Waals surface area contributed by atoms with Crippen molar-refractivity contribution in [2.45, 2.75) is 24.8 Å². The largest absolute Gasteiger partial charge is 0.377 e. The van der Waals surface area contributed by atoms with Gasteiger partial charge < -0.3 is 10.5 Å². The molecule has 10 heavy (non-hydrogen) atoms. The summed E-state index contributed by atoms with van der Waals surface area (Å²) in [6.07, 6.45) is -0.278. The molecule has 0 radical (unpaired) electrons. The van der Waals surface area contributed by atoms with Gasteiger partial charge in [-0.3, -0.25) is 0 Å². The molecule has 1 rings (SSSR count). The highest BCUT2D eigenvalue weighted by atomic mass is 19.3. The Labute approximate surface area is 58.3 Å². The van der Waals surface area contributed by atoms with Crippen molar-refractivity contribution in [2.24, 2.45) is 5.73 Å². The van der Waals surface area contributed by atoms with Crippen LogP contribution in [0.5, 0.6) is 0 Å². The van der Waals surface area contributed by atoms with Crippen LogP contribution in [0.15, 0.2) is 0 Å². The van der Waals surface area contributed by atoms with Crippen molar-refractivity contribution in [1.29, 1.82) is 0 Å². The summed E-state index contributed by atoms with van der Waals surface area (Å²) in [5.74, 6) is -2.67. The minimum Gasteiger partial charge on any atom is -0.377 e. The van der Waals surface area contributed by atoms with E-state index in [1.165, 1.54) is 0 Å². The van der Waals surface area contributed by atoms with E-state index in [0.29, 0.717) is 0 Å². The fourth-order valence-corrected chi connectivity index (χ4v) is 1.08. The van der Waals surface area contributed by atoms with Gasteiger partial charge in [-0.2, -0.15) is 0 Å². The van der Waals surface area contributed by atoms with E-state index < -0.39 is 11.5 Å². The Bertz CT molecular complexity index is 128. The van der Waals surface area contributed by atoms with Gasteiger partial charge in [0.15, 0.2) is 0 Å². The normalized spacial score (nSPS) is 24.0. The molecule has 1 fully saturated rings. The summed E-state index contributed by atoms with van der Waals surface area (Å²) in [5.41, 5.74) is 4.72. The van der Waals surface area contributed by atoms with Crippen LogP contribution in [0.1, 0.15) is 13.3 Å². The molecule has 0 aromatic heterocycles. The van der Waals surface area contributed by atoms with Crippen molar-refractivity contribution in [3.63, 3.8) is 0 Å². The Morgan fingerprint density at radius 2 is 2.10 bits per heavy atom. The number of nitrogens with two attached hydrogens (primary N) is 1. The van der Waals surface area contributed by atoms with Gasteiger partial charge in [0, 0.05) is 6.42 Å². The lowest BCUT2D eigenvalue weighted by atomic mass is 9.91. The van der Waals surface area contributed by atoms with Crippen LogP contribution in [0.25, 0.3) is 0 Å². The maximum absolute atomic E-state index is 12.3. The predicted molar refractivity (Wildman–Crippen MR) is 33.0 cm³/mol. The minimum atomic E-state index is -2.67. The van der Waals surface area contributed by atoms with Crippen molar-refractivity contribution in [3.8, 4) is 0 Å². The maximum atomic E-state index is 12.3. The summed E-state index contributed by atoms with van der Waals surface area (Å²) in [5, 5.41) is 0. The van der Waals surface area contributed by atoms with Crippen LogP contribution in [-0.2, 0) is 4.74 Å². The minimum absolute atomic E-state index is 0.260. The molecule has 0 aromatic rings. The highest BCUT2D eigenvalue weighted by Crippen LogP contribution is 2.28. The van der Waals surface area contributed by atoms with E-state index in [2.05, 4.69) is 0 Å². The first-order chi connectivity index (χ1) is 4.41. The molecule has 2 N–H and O–H groups in total. The second-order valence-corrected chi connectivity index (χ2v) is 3.10. The van der Waals surface area contributed by atoms with Crippen molar-refractivity contribution < 1.29 is 13.5 Å². The van der Waals surface area contributed by atoms with Crippen molar-refractivity contribution >= 4 is 0 Å². The molecule has 0 aliphatic carbocycles.